The Labute approximate surface area is 169 Å². The number of alkyl halides is 3. The Hall–Kier alpha value is -3.21. The molecule has 0 unspecified atom stereocenters. The van der Waals surface area contributed by atoms with Crippen LogP contribution >= 0.6 is 0 Å². The molecule has 1 amide bonds. The number of amides is 1. The van der Waals surface area contributed by atoms with Gasteiger partial charge in [-0.2, -0.15) is 13.2 Å². The number of nitrogens with one attached hydrogen (secondary N) is 1. The molecule has 0 aliphatic carbocycles. The van der Waals surface area contributed by atoms with Crippen LogP contribution in [0.3, 0.4) is 0 Å². The maximum absolute atomic E-state index is 12.6. The lowest BCUT2D eigenvalue weighted by Gasteiger charge is -2.08. The van der Waals surface area contributed by atoms with E-state index in [1.54, 1.807) is 13.8 Å². The minimum Gasteiger partial charge on any atom is -0.403 e. The Morgan fingerprint density at radius 3 is 2.13 bits per heavy atom. The van der Waals surface area contributed by atoms with Crippen molar-refractivity contribution in [2.24, 2.45) is 0 Å². The third-order valence-corrected chi connectivity index (χ3v) is 6.34. The van der Waals surface area contributed by atoms with E-state index in [-0.39, 0.29) is 27.9 Å². The van der Waals surface area contributed by atoms with Gasteiger partial charge in [0.2, 0.25) is 5.89 Å². The molecule has 0 aliphatic heterocycles. The van der Waals surface area contributed by atoms with Crippen molar-refractivity contribution in [1.82, 2.24) is 10.2 Å². The van der Waals surface area contributed by atoms with Crippen LogP contribution in [0.2, 0.25) is 0 Å². The second kappa shape index (κ2) is 7.90. The van der Waals surface area contributed by atoms with Crippen molar-refractivity contribution in [1.29, 1.82) is 0 Å². The van der Waals surface area contributed by atoms with Crippen molar-refractivity contribution in [2.75, 3.05) is 5.32 Å². The van der Waals surface area contributed by atoms with E-state index in [0.717, 1.165) is 12.1 Å². The summed E-state index contributed by atoms with van der Waals surface area (Å²) in [7, 11) is -3.46. The van der Waals surface area contributed by atoms with Gasteiger partial charge in [0.15, 0.2) is 9.84 Å². The van der Waals surface area contributed by atoms with Gasteiger partial charge in [-0.1, -0.05) is 5.10 Å². The average Bonchev–Trinajstić information content (AvgIpc) is 3.16. The van der Waals surface area contributed by atoms with E-state index in [9.17, 15) is 26.4 Å². The van der Waals surface area contributed by atoms with Crippen LogP contribution in [0.4, 0.5) is 19.2 Å². The second-order valence-corrected chi connectivity index (χ2v) is 9.06. The van der Waals surface area contributed by atoms with Crippen molar-refractivity contribution < 1.29 is 30.8 Å². The predicted molar refractivity (Wildman–Crippen MR) is 101 cm³/mol. The van der Waals surface area contributed by atoms with Crippen molar-refractivity contribution >= 4 is 21.8 Å². The molecule has 0 fully saturated rings. The lowest BCUT2D eigenvalue weighted by Crippen LogP contribution is -2.15. The van der Waals surface area contributed by atoms with Crippen LogP contribution in [0, 0.1) is 0 Å². The van der Waals surface area contributed by atoms with Crippen LogP contribution in [0.1, 0.15) is 29.8 Å². The van der Waals surface area contributed by atoms with Gasteiger partial charge < -0.3 is 4.42 Å². The van der Waals surface area contributed by atoms with E-state index in [2.05, 4.69) is 15.5 Å². The summed E-state index contributed by atoms with van der Waals surface area (Å²) in [5.41, 5.74) is -0.409. The number of carbonyl (C=O) groups is 1. The molecule has 1 aromatic heterocycles. The number of benzene rings is 2. The second-order valence-electron chi connectivity index (χ2n) is 6.56. The highest BCUT2D eigenvalue weighted by molar-refractivity contribution is 7.92. The normalized spacial score (nSPS) is 12.2. The third-order valence-electron chi connectivity index (χ3n) is 4.17. The quantitative estimate of drug-likeness (QED) is 0.640. The van der Waals surface area contributed by atoms with Crippen LogP contribution in [-0.2, 0) is 16.0 Å². The molecule has 30 heavy (non-hydrogen) atoms. The molecular formula is C19H16F3N3O4S. The number of halogens is 3. The summed E-state index contributed by atoms with van der Waals surface area (Å²) in [5.74, 6) is -0.691. The summed E-state index contributed by atoms with van der Waals surface area (Å²) >= 11 is 0. The lowest BCUT2D eigenvalue weighted by atomic mass is 10.1. The summed E-state index contributed by atoms with van der Waals surface area (Å²) in [6.45, 7) is 3.11. The molecule has 1 N–H and O–H groups in total. The zero-order chi connectivity index (χ0) is 22.1. The van der Waals surface area contributed by atoms with Gasteiger partial charge in [0.1, 0.15) is 0 Å². The van der Waals surface area contributed by atoms with Crippen molar-refractivity contribution in [3.63, 3.8) is 0 Å². The number of hydrogen-bond acceptors (Lipinski definition) is 6. The zero-order valence-corrected chi connectivity index (χ0v) is 16.6. The first-order chi connectivity index (χ1) is 14.0. The molecule has 158 valence electrons. The monoisotopic (exact) mass is 439 g/mol. The van der Waals surface area contributed by atoms with Crippen LogP contribution in [0.5, 0.6) is 0 Å². The fourth-order valence-corrected chi connectivity index (χ4v) is 3.49. The minimum atomic E-state index is -4.46. The Kier molecular flexibility index (Phi) is 5.66. The first-order valence-electron chi connectivity index (χ1n) is 8.65. The maximum Gasteiger partial charge on any atom is 0.416 e. The number of nitrogens with zero attached hydrogens (tertiary/aromatic N) is 2. The molecule has 3 aromatic rings. The minimum absolute atomic E-state index is 0.0719. The highest BCUT2D eigenvalue weighted by atomic mass is 32.2. The molecule has 0 saturated heterocycles. The van der Waals surface area contributed by atoms with Crippen LogP contribution < -0.4 is 5.32 Å². The van der Waals surface area contributed by atoms with Crippen molar-refractivity contribution in [3.8, 4) is 11.5 Å². The van der Waals surface area contributed by atoms with Gasteiger partial charge in [-0.15, -0.1) is 5.10 Å². The van der Waals surface area contributed by atoms with Crippen LogP contribution in [0.15, 0.2) is 57.8 Å². The standard InChI is InChI=1S/C19H16F3N3O4S/c1-11(2)30(27,28)15-9-5-12(6-10-15)16(26)23-18-25-24-17(29-18)13-3-7-14(8-4-13)19(20,21)22/h3-11H,1-2H3,(H,23,25,26). The summed E-state index contributed by atoms with van der Waals surface area (Å²) in [4.78, 5) is 12.4. The smallest absolute Gasteiger partial charge is 0.403 e. The van der Waals surface area contributed by atoms with Gasteiger partial charge in [0, 0.05) is 11.1 Å². The number of anilines is 1. The molecule has 11 heteroatoms. The summed E-state index contributed by atoms with van der Waals surface area (Å²) in [5, 5.41) is 9.10. The summed E-state index contributed by atoms with van der Waals surface area (Å²) in [6, 6.07) is 9.20. The summed E-state index contributed by atoms with van der Waals surface area (Å²) in [6.07, 6.45) is -4.46. The molecule has 2 aromatic carbocycles. The van der Waals surface area contributed by atoms with E-state index in [1.165, 1.54) is 36.4 Å². The van der Waals surface area contributed by atoms with Crippen molar-refractivity contribution in [3.05, 3.63) is 59.7 Å². The Bertz CT molecular complexity index is 1150. The molecule has 0 atom stereocenters. The van der Waals surface area contributed by atoms with Crippen molar-refractivity contribution in [2.45, 2.75) is 30.2 Å². The molecule has 7 nitrogen and oxygen atoms in total. The van der Waals surface area contributed by atoms with Gasteiger partial charge in [-0.25, -0.2) is 8.42 Å². The molecule has 3 rings (SSSR count). The fraction of sp³-hybridized carbons (Fsp3) is 0.211. The molecule has 0 aliphatic rings. The Morgan fingerprint density at radius 2 is 1.60 bits per heavy atom. The largest absolute Gasteiger partial charge is 0.416 e. The predicted octanol–water partition coefficient (Wildman–Crippen LogP) is 4.19. The van der Waals surface area contributed by atoms with E-state index in [0.29, 0.717) is 0 Å². The molecule has 0 bridgehead atoms. The average molecular weight is 439 g/mol. The number of rotatable bonds is 5. The van der Waals surface area contributed by atoms with Gasteiger partial charge in [0.25, 0.3) is 5.91 Å². The first kappa shape index (κ1) is 21.5. The maximum atomic E-state index is 12.6. The fourth-order valence-electron chi connectivity index (χ4n) is 2.43. The van der Waals surface area contributed by atoms with E-state index in [1.807, 2.05) is 0 Å². The Morgan fingerprint density at radius 1 is 1.00 bits per heavy atom. The number of sulfone groups is 1. The molecular weight excluding hydrogens is 423 g/mol. The molecule has 1 heterocycles. The van der Waals surface area contributed by atoms with E-state index >= 15 is 0 Å². The number of carbonyl (C=O) groups excluding carboxylic acids is 1. The molecule has 0 radical (unpaired) electrons. The van der Waals surface area contributed by atoms with Crippen LogP contribution in [-0.4, -0.2) is 29.8 Å². The molecule has 0 saturated carbocycles. The summed E-state index contributed by atoms with van der Waals surface area (Å²) < 4.78 is 67.4. The van der Waals surface area contributed by atoms with Gasteiger partial charge in [-0.05, 0) is 62.4 Å². The van der Waals surface area contributed by atoms with Gasteiger partial charge >= 0.3 is 12.2 Å². The highest BCUT2D eigenvalue weighted by Gasteiger charge is 2.30. The van der Waals surface area contributed by atoms with Gasteiger partial charge in [-0.3, -0.25) is 10.1 Å². The highest BCUT2D eigenvalue weighted by Crippen LogP contribution is 2.31. The first-order valence-corrected chi connectivity index (χ1v) is 10.2. The van der Waals surface area contributed by atoms with E-state index < -0.39 is 32.7 Å². The third kappa shape index (κ3) is 4.51. The van der Waals surface area contributed by atoms with E-state index in [4.69, 9.17) is 4.42 Å². The lowest BCUT2D eigenvalue weighted by molar-refractivity contribution is -0.137. The number of aromatic nitrogens is 2. The van der Waals surface area contributed by atoms with Crippen LogP contribution in [0.25, 0.3) is 11.5 Å². The molecule has 0 spiro atoms. The van der Waals surface area contributed by atoms with Gasteiger partial charge in [0.05, 0.1) is 15.7 Å². The number of hydrogen-bond donors (Lipinski definition) is 1. The zero-order valence-electron chi connectivity index (χ0n) is 15.8. The SMILES string of the molecule is CC(C)S(=O)(=O)c1ccc(C(=O)Nc2nnc(-c3ccc(C(F)(F)F)cc3)o2)cc1. The topological polar surface area (TPSA) is 102 Å². The Balaban J connectivity index is 1.72.